The number of nitrogens with one attached hydrogen (secondary N) is 2. The maximum atomic E-state index is 12.7. The highest BCUT2D eigenvalue weighted by molar-refractivity contribution is 7.12. The van der Waals surface area contributed by atoms with Crippen molar-refractivity contribution in [2.45, 2.75) is 12.8 Å². The van der Waals surface area contributed by atoms with Crippen molar-refractivity contribution in [1.29, 1.82) is 0 Å². The molecule has 0 fully saturated rings. The van der Waals surface area contributed by atoms with Gasteiger partial charge in [0.15, 0.2) is 0 Å². The van der Waals surface area contributed by atoms with Gasteiger partial charge in [0.2, 0.25) is 5.78 Å². The van der Waals surface area contributed by atoms with E-state index in [0.29, 0.717) is 10.6 Å². The lowest BCUT2D eigenvalue weighted by Gasteiger charge is -2.16. The van der Waals surface area contributed by atoms with Gasteiger partial charge in [0.05, 0.1) is 10.6 Å². The minimum atomic E-state index is -0.115. The summed E-state index contributed by atoms with van der Waals surface area (Å²) < 4.78 is 0. The third-order valence-corrected chi connectivity index (χ3v) is 5.35. The third kappa shape index (κ3) is 2.93. The molecule has 5 nitrogen and oxygen atoms in total. The number of carbonyl (C=O) groups excluding carboxylic acids is 2. The predicted molar refractivity (Wildman–Crippen MR) is 105 cm³/mol. The van der Waals surface area contributed by atoms with E-state index in [9.17, 15) is 9.59 Å². The average Bonchev–Trinajstić information content (AvgIpc) is 3.25. The van der Waals surface area contributed by atoms with E-state index in [2.05, 4.69) is 10.3 Å². The number of thiophene rings is 1. The molecule has 1 amide bonds. The summed E-state index contributed by atoms with van der Waals surface area (Å²) in [5.74, 6) is -0.0589. The smallest absolute Gasteiger partial charge is 0.265 e. The van der Waals surface area contributed by atoms with Crippen LogP contribution in [0.5, 0.6) is 0 Å². The van der Waals surface area contributed by atoms with Gasteiger partial charge in [0.25, 0.3) is 5.91 Å². The molecule has 0 saturated carbocycles. The zero-order valence-electron chi connectivity index (χ0n) is 14.6. The van der Waals surface area contributed by atoms with Gasteiger partial charge >= 0.3 is 0 Å². The highest BCUT2D eigenvalue weighted by atomic mass is 32.1. The van der Waals surface area contributed by atoms with Gasteiger partial charge < -0.3 is 15.2 Å². The minimum Gasteiger partial charge on any atom is -0.383 e. The summed E-state index contributed by atoms with van der Waals surface area (Å²) in [4.78, 5) is 30.8. The minimum absolute atomic E-state index is 0.0559. The summed E-state index contributed by atoms with van der Waals surface area (Å²) in [6.45, 7) is 0. The van der Waals surface area contributed by atoms with Gasteiger partial charge in [0, 0.05) is 42.5 Å². The highest BCUT2D eigenvalue weighted by Gasteiger charge is 2.26. The van der Waals surface area contributed by atoms with E-state index in [-0.39, 0.29) is 11.7 Å². The molecule has 2 N–H and O–H groups in total. The summed E-state index contributed by atoms with van der Waals surface area (Å²) in [6.07, 6.45) is 3.43. The Hall–Kier alpha value is -2.86. The van der Waals surface area contributed by atoms with Crippen molar-refractivity contribution in [1.82, 2.24) is 9.88 Å². The number of amides is 1. The lowest BCUT2D eigenvalue weighted by molar-refractivity contribution is 0.101. The second-order valence-electron chi connectivity index (χ2n) is 6.62. The first-order chi connectivity index (χ1) is 12.5. The van der Waals surface area contributed by atoms with Crippen molar-refractivity contribution in [2.75, 3.05) is 19.4 Å². The van der Waals surface area contributed by atoms with Crippen molar-refractivity contribution in [2.24, 2.45) is 0 Å². The number of rotatable bonds is 3. The third-order valence-electron chi connectivity index (χ3n) is 4.49. The van der Waals surface area contributed by atoms with Crippen LogP contribution in [0.2, 0.25) is 0 Å². The van der Waals surface area contributed by atoms with E-state index in [1.807, 2.05) is 54.8 Å². The maximum absolute atomic E-state index is 12.7. The van der Waals surface area contributed by atoms with Crippen LogP contribution in [0.15, 0.2) is 47.5 Å². The zero-order valence-corrected chi connectivity index (χ0v) is 15.4. The fourth-order valence-electron chi connectivity index (χ4n) is 3.35. The summed E-state index contributed by atoms with van der Waals surface area (Å²) in [6, 6.07) is 9.38. The number of Topliss-reactive ketones (excluding diaryl/α,β-unsaturated/α-hetero) is 1. The summed E-state index contributed by atoms with van der Waals surface area (Å²) in [5.41, 5.74) is 4.18. The van der Waals surface area contributed by atoms with Gasteiger partial charge in [-0.1, -0.05) is 6.07 Å². The molecule has 6 heteroatoms. The standard InChI is InChI=1S/C20H19N3O2S/c1-23(2)11-12-5-7-14-15-10-13(21-20(25)17-4-3-9-26-17)6-8-16(15)22-18(14)19(12)24/h3-4,6,8-11,22H,5,7H2,1-2H3,(H,21,25). The molecular formula is C20H19N3O2S. The van der Waals surface area contributed by atoms with Crippen molar-refractivity contribution in [3.8, 4) is 0 Å². The van der Waals surface area contributed by atoms with Gasteiger partial charge in [-0.3, -0.25) is 9.59 Å². The van der Waals surface area contributed by atoms with Crippen LogP contribution in [0.1, 0.15) is 32.1 Å². The van der Waals surface area contributed by atoms with Crippen LogP contribution in [0.3, 0.4) is 0 Å². The van der Waals surface area contributed by atoms with Gasteiger partial charge in [-0.05, 0) is 48.1 Å². The quantitative estimate of drug-likeness (QED) is 0.688. The number of hydrogen-bond donors (Lipinski definition) is 2. The predicted octanol–water partition coefficient (Wildman–Crippen LogP) is 4.06. The first kappa shape index (κ1) is 16.6. The zero-order chi connectivity index (χ0) is 18.3. The van der Waals surface area contributed by atoms with Crippen molar-refractivity contribution in [3.63, 3.8) is 0 Å². The number of aromatic nitrogens is 1. The summed E-state index contributed by atoms with van der Waals surface area (Å²) >= 11 is 1.41. The number of allylic oxidation sites excluding steroid dienone is 1. The number of aromatic amines is 1. The van der Waals surface area contributed by atoms with Gasteiger partial charge in [0.1, 0.15) is 0 Å². The molecule has 0 radical (unpaired) electrons. The number of nitrogens with zero attached hydrogens (tertiary/aromatic N) is 1. The number of fused-ring (bicyclic) bond motifs is 3. The molecule has 132 valence electrons. The van der Waals surface area contributed by atoms with Gasteiger partial charge in [-0.25, -0.2) is 0 Å². The van der Waals surface area contributed by atoms with E-state index in [4.69, 9.17) is 0 Å². The number of ketones is 1. The number of H-pyrrole nitrogens is 1. The molecule has 0 saturated heterocycles. The number of anilines is 1. The molecular weight excluding hydrogens is 346 g/mol. The number of aryl methyl sites for hydroxylation is 1. The average molecular weight is 365 g/mol. The first-order valence-electron chi connectivity index (χ1n) is 8.44. The molecule has 4 rings (SSSR count). The van der Waals surface area contributed by atoms with Crippen LogP contribution in [0.25, 0.3) is 10.9 Å². The number of hydrogen-bond acceptors (Lipinski definition) is 4. The molecule has 2 heterocycles. The van der Waals surface area contributed by atoms with Crippen LogP contribution >= 0.6 is 11.3 Å². The topological polar surface area (TPSA) is 65.2 Å². The molecule has 0 aliphatic heterocycles. The Morgan fingerprint density at radius 1 is 1.27 bits per heavy atom. The van der Waals surface area contributed by atoms with Crippen LogP contribution in [-0.2, 0) is 6.42 Å². The molecule has 0 unspecified atom stereocenters. The van der Waals surface area contributed by atoms with E-state index in [0.717, 1.165) is 40.6 Å². The van der Waals surface area contributed by atoms with Crippen molar-refractivity contribution in [3.05, 3.63) is 63.6 Å². The van der Waals surface area contributed by atoms with E-state index < -0.39 is 0 Å². The Bertz CT molecular complexity index is 1030. The Labute approximate surface area is 155 Å². The lowest BCUT2D eigenvalue weighted by Crippen LogP contribution is -2.16. The molecule has 3 aromatic rings. The largest absolute Gasteiger partial charge is 0.383 e. The van der Waals surface area contributed by atoms with E-state index in [1.54, 1.807) is 6.07 Å². The fourth-order valence-corrected chi connectivity index (χ4v) is 3.97. The molecule has 1 aromatic carbocycles. The van der Waals surface area contributed by atoms with Gasteiger partial charge in [-0.2, -0.15) is 0 Å². The molecule has 2 aromatic heterocycles. The highest BCUT2D eigenvalue weighted by Crippen LogP contribution is 2.33. The maximum Gasteiger partial charge on any atom is 0.265 e. The van der Waals surface area contributed by atoms with Crippen LogP contribution in [0.4, 0.5) is 5.69 Å². The molecule has 1 aliphatic rings. The Kier molecular flexibility index (Phi) is 4.12. The van der Waals surface area contributed by atoms with Crippen LogP contribution < -0.4 is 5.32 Å². The van der Waals surface area contributed by atoms with E-state index >= 15 is 0 Å². The van der Waals surface area contributed by atoms with E-state index in [1.165, 1.54) is 11.3 Å². The normalized spacial score (nSPS) is 15.3. The number of carbonyl (C=O) groups is 2. The molecule has 1 aliphatic carbocycles. The Morgan fingerprint density at radius 3 is 2.85 bits per heavy atom. The fraction of sp³-hybridized carbons (Fsp3) is 0.200. The Morgan fingerprint density at radius 2 is 2.12 bits per heavy atom. The SMILES string of the molecule is CN(C)C=C1CCc2c([nH]c3ccc(NC(=O)c4cccs4)cc23)C1=O. The number of benzene rings is 1. The van der Waals surface area contributed by atoms with Crippen LogP contribution in [-0.4, -0.2) is 35.7 Å². The lowest BCUT2D eigenvalue weighted by atomic mass is 9.90. The molecule has 26 heavy (non-hydrogen) atoms. The molecule has 0 atom stereocenters. The van der Waals surface area contributed by atoms with Gasteiger partial charge in [-0.15, -0.1) is 11.3 Å². The second-order valence-corrected chi connectivity index (χ2v) is 7.57. The summed E-state index contributed by atoms with van der Waals surface area (Å²) in [5, 5.41) is 5.81. The van der Waals surface area contributed by atoms with Crippen molar-refractivity contribution < 1.29 is 9.59 Å². The second kappa shape index (κ2) is 6.46. The monoisotopic (exact) mass is 365 g/mol. The first-order valence-corrected chi connectivity index (χ1v) is 9.32. The van der Waals surface area contributed by atoms with Crippen molar-refractivity contribution >= 4 is 39.6 Å². The van der Waals surface area contributed by atoms with Crippen LogP contribution in [0, 0.1) is 0 Å². The molecule has 0 bridgehead atoms. The molecule has 0 spiro atoms. The summed E-state index contributed by atoms with van der Waals surface area (Å²) in [7, 11) is 3.84. The Balaban J connectivity index is 1.68.